The zero-order valence-corrected chi connectivity index (χ0v) is 12.9. The van der Waals surface area contributed by atoms with Crippen LogP contribution in [0.1, 0.15) is 52.1 Å². The number of hydrogen-bond acceptors (Lipinski definition) is 2. The lowest BCUT2D eigenvalue weighted by Crippen LogP contribution is -2.34. The van der Waals surface area contributed by atoms with E-state index in [1.807, 2.05) is 12.1 Å². The SMILES string of the molecule is COc1ccccc1[C@@H](C)NC1CC(C)(C)CC1C. The molecule has 2 heteroatoms. The number of benzene rings is 1. The molecule has 2 rings (SSSR count). The third-order valence-corrected chi connectivity index (χ3v) is 4.40. The molecule has 2 nitrogen and oxygen atoms in total. The molecule has 1 aliphatic rings. The Morgan fingerprint density at radius 2 is 1.95 bits per heavy atom. The van der Waals surface area contributed by atoms with E-state index in [0.717, 1.165) is 11.7 Å². The summed E-state index contributed by atoms with van der Waals surface area (Å²) < 4.78 is 5.46. The summed E-state index contributed by atoms with van der Waals surface area (Å²) in [4.78, 5) is 0. The second-order valence-electron chi connectivity index (χ2n) is 6.79. The number of para-hydroxylation sites is 1. The van der Waals surface area contributed by atoms with Gasteiger partial charge < -0.3 is 10.1 Å². The minimum Gasteiger partial charge on any atom is -0.496 e. The van der Waals surface area contributed by atoms with Crippen molar-refractivity contribution in [3.63, 3.8) is 0 Å². The average Bonchev–Trinajstić information content (AvgIpc) is 2.62. The molecule has 1 aliphatic carbocycles. The Kier molecular flexibility index (Phi) is 4.19. The molecular formula is C17H27NO. The van der Waals surface area contributed by atoms with Crippen LogP contribution in [0.25, 0.3) is 0 Å². The fourth-order valence-electron chi connectivity index (χ4n) is 3.55. The van der Waals surface area contributed by atoms with Gasteiger partial charge in [-0.25, -0.2) is 0 Å². The molecule has 1 aromatic rings. The van der Waals surface area contributed by atoms with Gasteiger partial charge in [0.1, 0.15) is 5.75 Å². The quantitative estimate of drug-likeness (QED) is 0.878. The lowest BCUT2D eigenvalue weighted by atomic mass is 9.91. The zero-order chi connectivity index (χ0) is 14.0. The van der Waals surface area contributed by atoms with Crippen LogP contribution in [0.15, 0.2) is 24.3 Å². The highest BCUT2D eigenvalue weighted by atomic mass is 16.5. The Morgan fingerprint density at radius 1 is 1.26 bits per heavy atom. The van der Waals surface area contributed by atoms with E-state index in [-0.39, 0.29) is 0 Å². The van der Waals surface area contributed by atoms with Gasteiger partial charge in [0.25, 0.3) is 0 Å². The normalized spacial score (nSPS) is 27.2. The first-order valence-corrected chi connectivity index (χ1v) is 7.32. The summed E-state index contributed by atoms with van der Waals surface area (Å²) in [7, 11) is 1.74. The van der Waals surface area contributed by atoms with Crippen LogP contribution < -0.4 is 10.1 Å². The molecule has 106 valence electrons. The molecule has 0 aromatic heterocycles. The Labute approximate surface area is 117 Å². The van der Waals surface area contributed by atoms with Crippen molar-refractivity contribution in [1.82, 2.24) is 5.32 Å². The maximum absolute atomic E-state index is 5.46. The Morgan fingerprint density at radius 3 is 2.53 bits per heavy atom. The minimum absolute atomic E-state index is 0.331. The molecule has 0 bridgehead atoms. The van der Waals surface area contributed by atoms with Gasteiger partial charge in [-0.1, -0.05) is 39.0 Å². The Hall–Kier alpha value is -1.02. The van der Waals surface area contributed by atoms with Crippen molar-refractivity contribution in [3.05, 3.63) is 29.8 Å². The van der Waals surface area contributed by atoms with Gasteiger partial charge in [-0.3, -0.25) is 0 Å². The minimum atomic E-state index is 0.331. The highest BCUT2D eigenvalue weighted by Crippen LogP contribution is 2.41. The molecule has 1 saturated carbocycles. The van der Waals surface area contributed by atoms with Gasteiger partial charge in [0.15, 0.2) is 0 Å². The van der Waals surface area contributed by atoms with E-state index in [9.17, 15) is 0 Å². The van der Waals surface area contributed by atoms with Gasteiger partial charge in [-0.2, -0.15) is 0 Å². The van der Waals surface area contributed by atoms with E-state index in [4.69, 9.17) is 4.74 Å². The summed E-state index contributed by atoms with van der Waals surface area (Å²) in [6.45, 7) is 9.34. The van der Waals surface area contributed by atoms with Crippen LogP contribution in [0.5, 0.6) is 5.75 Å². The Bertz CT molecular complexity index is 427. The van der Waals surface area contributed by atoms with E-state index in [1.54, 1.807) is 7.11 Å². The number of nitrogens with one attached hydrogen (secondary N) is 1. The van der Waals surface area contributed by atoms with Gasteiger partial charge in [-0.05, 0) is 37.2 Å². The standard InChI is InChI=1S/C17H27NO/c1-12-10-17(3,4)11-15(12)18-13(2)14-8-6-7-9-16(14)19-5/h6-9,12-13,15,18H,10-11H2,1-5H3/t12?,13-,15?/m1/s1. The monoisotopic (exact) mass is 261 g/mol. The fourth-order valence-corrected chi connectivity index (χ4v) is 3.55. The topological polar surface area (TPSA) is 21.3 Å². The summed E-state index contributed by atoms with van der Waals surface area (Å²) in [6, 6.07) is 9.23. The summed E-state index contributed by atoms with van der Waals surface area (Å²) in [5.41, 5.74) is 1.72. The Balaban J connectivity index is 2.07. The van der Waals surface area contributed by atoms with Gasteiger partial charge in [-0.15, -0.1) is 0 Å². The van der Waals surface area contributed by atoms with Crippen molar-refractivity contribution in [2.45, 2.75) is 52.6 Å². The summed E-state index contributed by atoms with van der Waals surface area (Å²) >= 11 is 0. The van der Waals surface area contributed by atoms with E-state index >= 15 is 0 Å². The molecule has 3 atom stereocenters. The van der Waals surface area contributed by atoms with E-state index in [0.29, 0.717) is 17.5 Å². The predicted molar refractivity (Wildman–Crippen MR) is 80.5 cm³/mol. The van der Waals surface area contributed by atoms with Crippen molar-refractivity contribution in [3.8, 4) is 5.75 Å². The van der Waals surface area contributed by atoms with Gasteiger partial charge in [0.05, 0.1) is 7.11 Å². The molecule has 0 spiro atoms. The number of methoxy groups -OCH3 is 1. The molecule has 0 aliphatic heterocycles. The molecule has 0 radical (unpaired) electrons. The molecule has 0 saturated heterocycles. The van der Waals surface area contributed by atoms with Gasteiger partial charge in [0, 0.05) is 17.6 Å². The van der Waals surface area contributed by atoms with Gasteiger partial charge in [0.2, 0.25) is 0 Å². The first-order chi connectivity index (χ1) is 8.93. The molecule has 1 aromatic carbocycles. The van der Waals surface area contributed by atoms with Crippen molar-refractivity contribution in [1.29, 1.82) is 0 Å². The molecule has 19 heavy (non-hydrogen) atoms. The largest absolute Gasteiger partial charge is 0.496 e. The highest BCUT2D eigenvalue weighted by Gasteiger charge is 2.37. The van der Waals surface area contributed by atoms with E-state index in [1.165, 1.54) is 18.4 Å². The predicted octanol–water partition coefficient (Wildman–Crippen LogP) is 4.17. The number of hydrogen-bond donors (Lipinski definition) is 1. The van der Waals surface area contributed by atoms with Crippen LogP contribution in [0.4, 0.5) is 0 Å². The number of ether oxygens (including phenoxy) is 1. The first-order valence-electron chi connectivity index (χ1n) is 7.32. The van der Waals surface area contributed by atoms with Gasteiger partial charge >= 0.3 is 0 Å². The molecule has 0 amide bonds. The smallest absolute Gasteiger partial charge is 0.123 e. The average molecular weight is 261 g/mol. The van der Waals surface area contributed by atoms with Crippen molar-refractivity contribution < 1.29 is 4.74 Å². The lowest BCUT2D eigenvalue weighted by Gasteiger charge is -2.25. The van der Waals surface area contributed by atoms with Crippen LogP contribution in [-0.4, -0.2) is 13.2 Å². The van der Waals surface area contributed by atoms with Crippen LogP contribution in [-0.2, 0) is 0 Å². The molecule has 2 unspecified atom stereocenters. The van der Waals surface area contributed by atoms with Crippen LogP contribution in [0.3, 0.4) is 0 Å². The third kappa shape index (κ3) is 3.30. The van der Waals surface area contributed by atoms with E-state index in [2.05, 4.69) is 45.1 Å². The van der Waals surface area contributed by atoms with Crippen molar-refractivity contribution in [2.24, 2.45) is 11.3 Å². The highest BCUT2D eigenvalue weighted by molar-refractivity contribution is 5.35. The summed E-state index contributed by atoms with van der Waals surface area (Å²) in [5, 5.41) is 3.80. The van der Waals surface area contributed by atoms with Crippen molar-refractivity contribution in [2.75, 3.05) is 7.11 Å². The zero-order valence-electron chi connectivity index (χ0n) is 12.9. The van der Waals surface area contributed by atoms with Crippen LogP contribution >= 0.6 is 0 Å². The van der Waals surface area contributed by atoms with Crippen molar-refractivity contribution >= 4 is 0 Å². The summed E-state index contributed by atoms with van der Waals surface area (Å²) in [6.07, 6.45) is 2.57. The van der Waals surface area contributed by atoms with Crippen LogP contribution in [0.2, 0.25) is 0 Å². The molecule has 0 heterocycles. The number of rotatable bonds is 4. The first kappa shape index (κ1) is 14.4. The second-order valence-corrected chi connectivity index (χ2v) is 6.79. The fraction of sp³-hybridized carbons (Fsp3) is 0.647. The second kappa shape index (κ2) is 5.54. The van der Waals surface area contributed by atoms with Crippen LogP contribution in [0, 0.1) is 11.3 Å². The third-order valence-electron chi connectivity index (χ3n) is 4.40. The molecular weight excluding hydrogens is 234 g/mol. The lowest BCUT2D eigenvalue weighted by molar-refractivity contribution is 0.351. The molecule has 1 N–H and O–H groups in total. The maximum atomic E-state index is 5.46. The summed E-state index contributed by atoms with van der Waals surface area (Å²) in [5.74, 6) is 1.72. The maximum Gasteiger partial charge on any atom is 0.123 e. The van der Waals surface area contributed by atoms with E-state index < -0.39 is 0 Å². The molecule has 1 fully saturated rings.